The molecule has 0 spiro atoms. The molecule has 0 radical (unpaired) electrons. The van der Waals surface area contributed by atoms with Crippen LogP contribution in [0.3, 0.4) is 0 Å². The zero-order valence-electron chi connectivity index (χ0n) is 17.0. The first-order valence-electron chi connectivity index (χ1n) is 10.6. The van der Waals surface area contributed by atoms with Crippen molar-refractivity contribution in [3.05, 3.63) is 65.2 Å². The third kappa shape index (κ3) is 4.62. The average Bonchev–Trinajstić information content (AvgIpc) is 3.16. The molecule has 29 heavy (non-hydrogen) atoms. The Bertz CT molecular complexity index is 826. The van der Waals surface area contributed by atoms with Gasteiger partial charge in [0.05, 0.1) is 13.2 Å². The highest BCUT2D eigenvalue weighted by Gasteiger charge is 2.41. The molecule has 0 aliphatic carbocycles. The molecule has 0 saturated carbocycles. The summed E-state index contributed by atoms with van der Waals surface area (Å²) in [6.07, 6.45) is 3.82. The van der Waals surface area contributed by atoms with E-state index in [1.807, 2.05) is 19.1 Å². The number of hydrogen-bond acceptors (Lipinski definition) is 3. The molecule has 5 heteroatoms. The molecule has 3 nitrogen and oxygen atoms in total. The van der Waals surface area contributed by atoms with Crippen LogP contribution in [0.2, 0.25) is 0 Å². The van der Waals surface area contributed by atoms with Crippen LogP contribution in [0, 0.1) is 17.0 Å². The summed E-state index contributed by atoms with van der Waals surface area (Å²) in [6.45, 7) is 6.00. The fourth-order valence-corrected chi connectivity index (χ4v) is 4.74. The second-order valence-corrected chi connectivity index (χ2v) is 8.32. The molecular weight excluding hydrogens is 372 g/mol. The Morgan fingerprint density at radius 1 is 1.14 bits per heavy atom. The summed E-state index contributed by atoms with van der Waals surface area (Å²) in [6, 6.07) is 11.8. The van der Waals surface area contributed by atoms with Crippen LogP contribution in [0.5, 0.6) is 5.75 Å². The summed E-state index contributed by atoms with van der Waals surface area (Å²) in [7, 11) is 0. The molecule has 2 aliphatic heterocycles. The van der Waals surface area contributed by atoms with Crippen molar-refractivity contribution in [2.24, 2.45) is 5.41 Å². The number of rotatable bonds is 7. The normalized spacial score (nSPS) is 24.3. The van der Waals surface area contributed by atoms with Gasteiger partial charge in [0.2, 0.25) is 0 Å². The third-order valence-electron chi connectivity index (χ3n) is 6.36. The van der Waals surface area contributed by atoms with Crippen LogP contribution >= 0.6 is 0 Å². The Morgan fingerprint density at radius 3 is 2.72 bits per heavy atom. The maximum Gasteiger partial charge on any atom is 0.124 e. The van der Waals surface area contributed by atoms with Gasteiger partial charge in [-0.2, -0.15) is 0 Å². The highest BCUT2D eigenvalue weighted by atomic mass is 19.1. The Kier molecular flexibility index (Phi) is 6.16. The fourth-order valence-electron chi connectivity index (χ4n) is 4.74. The van der Waals surface area contributed by atoms with Gasteiger partial charge in [-0.3, -0.25) is 4.90 Å². The van der Waals surface area contributed by atoms with E-state index in [2.05, 4.69) is 4.90 Å². The molecular formula is C24H29F2NO2. The zero-order chi connectivity index (χ0) is 20.3. The number of likely N-dealkylation sites (tertiary alicyclic amines) is 1. The predicted octanol–water partition coefficient (Wildman–Crippen LogP) is 5.15. The largest absolute Gasteiger partial charge is 0.493 e. The second-order valence-electron chi connectivity index (χ2n) is 8.32. The highest BCUT2D eigenvalue weighted by molar-refractivity contribution is 5.38. The molecule has 156 valence electrons. The molecule has 2 aromatic rings. The third-order valence-corrected chi connectivity index (χ3v) is 6.36. The van der Waals surface area contributed by atoms with Crippen molar-refractivity contribution in [1.82, 2.24) is 4.90 Å². The van der Waals surface area contributed by atoms with Crippen LogP contribution in [0.25, 0.3) is 0 Å². The number of aryl methyl sites for hydroxylation is 1. The molecule has 0 aromatic heterocycles. The Morgan fingerprint density at radius 2 is 1.93 bits per heavy atom. The molecule has 2 atom stereocenters. The van der Waals surface area contributed by atoms with E-state index in [-0.39, 0.29) is 23.1 Å². The van der Waals surface area contributed by atoms with Crippen molar-refractivity contribution in [3.8, 4) is 5.75 Å². The second kappa shape index (κ2) is 8.80. The number of halogens is 2. The lowest BCUT2D eigenvalue weighted by molar-refractivity contribution is 0.0435. The number of ether oxygens (including phenoxy) is 2. The smallest absolute Gasteiger partial charge is 0.124 e. The SMILES string of the molecule is CCOC[C@]1(CCc2ccc(F)cc2)CCN(C2CCOc3ccc(F)cc32)C1. The molecule has 4 rings (SSSR count). The van der Waals surface area contributed by atoms with Crippen LogP contribution in [0.4, 0.5) is 8.78 Å². The molecule has 1 unspecified atom stereocenters. The summed E-state index contributed by atoms with van der Waals surface area (Å²) in [5.74, 6) is 0.391. The van der Waals surface area contributed by atoms with Crippen LogP contribution in [0.15, 0.2) is 42.5 Å². The van der Waals surface area contributed by atoms with Crippen molar-refractivity contribution in [2.45, 2.75) is 38.6 Å². The van der Waals surface area contributed by atoms with E-state index in [1.165, 1.54) is 18.2 Å². The average molecular weight is 401 g/mol. The summed E-state index contributed by atoms with van der Waals surface area (Å²) in [5, 5.41) is 0. The van der Waals surface area contributed by atoms with Crippen LogP contribution < -0.4 is 4.74 Å². The summed E-state index contributed by atoms with van der Waals surface area (Å²) in [5.41, 5.74) is 2.18. The summed E-state index contributed by atoms with van der Waals surface area (Å²) >= 11 is 0. The predicted molar refractivity (Wildman–Crippen MR) is 109 cm³/mol. The van der Waals surface area contributed by atoms with Gasteiger partial charge in [-0.25, -0.2) is 8.78 Å². The van der Waals surface area contributed by atoms with Crippen LogP contribution in [-0.4, -0.2) is 37.8 Å². The van der Waals surface area contributed by atoms with Gasteiger partial charge in [0, 0.05) is 36.6 Å². The molecule has 1 fully saturated rings. The molecule has 0 N–H and O–H groups in total. The topological polar surface area (TPSA) is 21.7 Å². The first-order chi connectivity index (χ1) is 14.1. The van der Waals surface area contributed by atoms with Crippen molar-refractivity contribution in [1.29, 1.82) is 0 Å². The lowest BCUT2D eigenvalue weighted by atomic mass is 9.82. The molecule has 0 bridgehead atoms. The monoisotopic (exact) mass is 401 g/mol. The molecule has 2 aliphatic rings. The first kappa shape index (κ1) is 20.3. The molecule has 2 heterocycles. The van der Waals surface area contributed by atoms with E-state index < -0.39 is 0 Å². The fraction of sp³-hybridized carbons (Fsp3) is 0.500. The van der Waals surface area contributed by atoms with E-state index in [4.69, 9.17) is 9.47 Å². The molecule has 1 saturated heterocycles. The van der Waals surface area contributed by atoms with Crippen LogP contribution in [0.1, 0.15) is 43.4 Å². The van der Waals surface area contributed by atoms with Crippen molar-refractivity contribution in [2.75, 3.05) is 32.9 Å². The van der Waals surface area contributed by atoms with Crippen molar-refractivity contribution in [3.63, 3.8) is 0 Å². The van der Waals surface area contributed by atoms with Gasteiger partial charge in [0.15, 0.2) is 0 Å². The first-order valence-corrected chi connectivity index (χ1v) is 10.6. The van der Waals surface area contributed by atoms with Crippen molar-refractivity contribution >= 4 is 0 Å². The number of nitrogens with zero attached hydrogens (tertiary/aromatic N) is 1. The van der Waals surface area contributed by atoms with E-state index >= 15 is 0 Å². The molecule has 0 amide bonds. The van der Waals surface area contributed by atoms with E-state index in [1.54, 1.807) is 12.1 Å². The van der Waals surface area contributed by atoms with Gasteiger partial charge in [0.1, 0.15) is 17.4 Å². The maximum absolute atomic E-state index is 13.9. The van der Waals surface area contributed by atoms with Crippen molar-refractivity contribution < 1.29 is 18.3 Å². The zero-order valence-corrected chi connectivity index (χ0v) is 17.0. The Labute approximate surface area is 171 Å². The van der Waals surface area contributed by atoms with Gasteiger partial charge < -0.3 is 9.47 Å². The van der Waals surface area contributed by atoms with Crippen LogP contribution in [-0.2, 0) is 11.2 Å². The Balaban J connectivity index is 1.49. The van der Waals surface area contributed by atoms with E-state index in [9.17, 15) is 8.78 Å². The minimum Gasteiger partial charge on any atom is -0.493 e. The standard InChI is InChI=1S/C24H29F2NO2/c1-2-28-17-24(11-9-18-3-5-19(25)6-4-18)12-13-27(16-24)22-10-14-29-23-8-7-20(26)15-21(22)23/h3-8,15,22H,2,9-14,16-17H2,1H3/t22?,24-/m1/s1. The molecule has 2 aromatic carbocycles. The lowest BCUT2D eigenvalue weighted by Gasteiger charge is -2.35. The van der Waals surface area contributed by atoms with Gasteiger partial charge in [-0.15, -0.1) is 0 Å². The maximum atomic E-state index is 13.9. The summed E-state index contributed by atoms with van der Waals surface area (Å²) < 4.78 is 38.7. The van der Waals surface area contributed by atoms with Gasteiger partial charge in [-0.1, -0.05) is 12.1 Å². The summed E-state index contributed by atoms with van der Waals surface area (Å²) in [4.78, 5) is 2.48. The minimum absolute atomic E-state index is 0.0657. The minimum atomic E-state index is -0.213. The van der Waals surface area contributed by atoms with Gasteiger partial charge >= 0.3 is 0 Å². The number of benzene rings is 2. The van der Waals surface area contributed by atoms with E-state index in [0.717, 1.165) is 62.3 Å². The Hall–Kier alpha value is -1.98. The number of fused-ring (bicyclic) bond motifs is 1. The van der Waals surface area contributed by atoms with Gasteiger partial charge in [0.25, 0.3) is 0 Å². The number of hydrogen-bond donors (Lipinski definition) is 0. The quantitative estimate of drug-likeness (QED) is 0.640. The van der Waals surface area contributed by atoms with Gasteiger partial charge in [-0.05, 0) is 68.6 Å². The van der Waals surface area contributed by atoms with E-state index in [0.29, 0.717) is 13.2 Å². The highest BCUT2D eigenvalue weighted by Crippen LogP contribution is 2.43. The lowest BCUT2D eigenvalue weighted by Crippen LogP contribution is -2.35.